The Kier molecular flexibility index (Phi) is 4.31. The highest BCUT2D eigenvalue weighted by molar-refractivity contribution is 5.36. The molecule has 2 heterocycles. The fraction of sp³-hybridized carbons (Fsp3) is 0.375. The summed E-state index contributed by atoms with van der Waals surface area (Å²) in [5, 5.41) is 10.8. The number of benzene rings is 1. The number of aliphatic hydroxyl groups is 1. The van der Waals surface area contributed by atoms with Gasteiger partial charge >= 0.3 is 6.36 Å². The van der Waals surface area contributed by atoms with E-state index in [-0.39, 0.29) is 5.75 Å². The van der Waals surface area contributed by atoms with Crippen molar-refractivity contribution in [2.45, 2.75) is 24.8 Å². The van der Waals surface area contributed by atoms with Crippen molar-refractivity contribution in [3.63, 3.8) is 0 Å². The van der Waals surface area contributed by atoms with E-state index in [9.17, 15) is 18.3 Å². The fourth-order valence-corrected chi connectivity index (χ4v) is 2.80. The molecule has 1 N–H and O–H groups in total. The molecule has 0 spiro atoms. The molecule has 1 aromatic carbocycles. The van der Waals surface area contributed by atoms with Crippen LogP contribution in [0.5, 0.6) is 5.75 Å². The number of nitrogens with zero attached hydrogens (tertiary/aromatic N) is 3. The van der Waals surface area contributed by atoms with Gasteiger partial charge in [-0.25, -0.2) is 9.97 Å². The first-order valence-corrected chi connectivity index (χ1v) is 7.46. The number of piperidine rings is 1. The Labute approximate surface area is 136 Å². The predicted octanol–water partition coefficient (Wildman–Crippen LogP) is 2.86. The van der Waals surface area contributed by atoms with Crippen molar-refractivity contribution in [1.82, 2.24) is 9.97 Å². The van der Waals surface area contributed by atoms with Crippen molar-refractivity contribution in [3.05, 3.63) is 48.3 Å². The van der Waals surface area contributed by atoms with E-state index in [1.807, 2.05) is 4.90 Å². The van der Waals surface area contributed by atoms with Crippen LogP contribution >= 0.6 is 0 Å². The lowest BCUT2D eigenvalue weighted by atomic mass is 9.84. The molecule has 0 bridgehead atoms. The minimum atomic E-state index is -4.75. The fourth-order valence-electron chi connectivity index (χ4n) is 2.80. The van der Waals surface area contributed by atoms with Crippen LogP contribution in [0.1, 0.15) is 18.4 Å². The molecule has 8 heteroatoms. The molecular weight excluding hydrogens is 323 g/mol. The summed E-state index contributed by atoms with van der Waals surface area (Å²) in [5.41, 5.74) is -0.783. The van der Waals surface area contributed by atoms with Gasteiger partial charge in [-0.3, -0.25) is 0 Å². The molecule has 1 aliphatic rings. The number of hydrogen-bond acceptors (Lipinski definition) is 5. The number of anilines is 1. The Hall–Kier alpha value is -2.35. The maximum atomic E-state index is 12.3. The van der Waals surface area contributed by atoms with Gasteiger partial charge in [-0.1, -0.05) is 12.1 Å². The zero-order valence-corrected chi connectivity index (χ0v) is 12.7. The molecule has 0 aliphatic carbocycles. The maximum absolute atomic E-state index is 12.3. The summed E-state index contributed by atoms with van der Waals surface area (Å²) in [6.45, 7) is 1.01. The molecule has 5 nitrogen and oxygen atoms in total. The first kappa shape index (κ1) is 16.5. The van der Waals surface area contributed by atoms with Crippen LogP contribution in [-0.2, 0) is 5.60 Å². The zero-order valence-electron chi connectivity index (χ0n) is 12.7. The summed E-state index contributed by atoms with van der Waals surface area (Å²) in [6, 6.07) is 7.23. The molecule has 128 valence electrons. The molecule has 24 heavy (non-hydrogen) atoms. The van der Waals surface area contributed by atoms with E-state index in [0.29, 0.717) is 37.4 Å². The number of rotatable bonds is 3. The van der Waals surface area contributed by atoms with Gasteiger partial charge in [0, 0.05) is 25.5 Å². The van der Waals surface area contributed by atoms with Crippen molar-refractivity contribution >= 4 is 5.95 Å². The average molecular weight is 339 g/mol. The lowest BCUT2D eigenvalue weighted by Gasteiger charge is -2.38. The third-order valence-corrected chi connectivity index (χ3v) is 4.03. The van der Waals surface area contributed by atoms with Gasteiger partial charge in [0.25, 0.3) is 0 Å². The summed E-state index contributed by atoms with van der Waals surface area (Å²) >= 11 is 0. The van der Waals surface area contributed by atoms with Gasteiger partial charge in [0.2, 0.25) is 5.95 Å². The van der Waals surface area contributed by atoms with E-state index in [1.54, 1.807) is 24.5 Å². The molecule has 0 radical (unpaired) electrons. The van der Waals surface area contributed by atoms with Gasteiger partial charge in [0.05, 0.1) is 5.60 Å². The van der Waals surface area contributed by atoms with Crippen molar-refractivity contribution in [1.29, 1.82) is 0 Å². The van der Waals surface area contributed by atoms with E-state index in [1.165, 1.54) is 18.2 Å². The number of ether oxygens (including phenoxy) is 1. The smallest absolute Gasteiger partial charge is 0.406 e. The first-order chi connectivity index (χ1) is 11.4. The molecule has 1 saturated heterocycles. The van der Waals surface area contributed by atoms with Gasteiger partial charge in [-0.2, -0.15) is 0 Å². The molecule has 0 atom stereocenters. The second-order valence-electron chi connectivity index (χ2n) is 5.64. The average Bonchev–Trinajstić information content (AvgIpc) is 2.55. The van der Waals surface area contributed by atoms with Gasteiger partial charge in [-0.15, -0.1) is 13.2 Å². The topological polar surface area (TPSA) is 58.5 Å². The molecule has 1 fully saturated rings. The summed E-state index contributed by atoms with van der Waals surface area (Å²) in [6.07, 6.45) is -0.751. The molecular formula is C16H16F3N3O2. The number of alkyl halides is 3. The highest BCUT2D eigenvalue weighted by Crippen LogP contribution is 2.36. The molecule has 2 aromatic rings. The molecule has 1 aromatic heterocycles. The van der Waals surface area contributed by atoms with Crippen LogP contribution in [0.4, 0.5) is 19.1 Å². The van der Waals surface area contributed by atoms with Crippen molar-refractivity contribution in [3.8, 4) is 5.75 Å². The normalized spacial score (nSPS) is 17.6. The maximum Gasteiger partial charge on any atom is 0.573 e. The Balaban J connectivity index is 1.73. The molecule has 0 amide bonds. The third kappa shape index (κ3) is 3.76. The monoisotopic (exact) mass is 339 g/mol. The highest BCUT2D eigenvalue weighted by Gasteiger charge is 2.36. The minimum Gasteiger partial charge on any atom is -0.406 e. The van der Waals surface area contributed by atoms with Crippen molar-refractivity contribution in [2.75, 3.05) is 18.0 Å². The molecule has 0 saturated carbocycles. The largest absolute Gasteiger partial charge is 0.573 e. The molecule has 1 aliphatic heterocycles. The van der Waals surface area contributed by atoms with Crippen LogP contribution in [-0.4, -0.2) is 34.5 Å². The Morgan fingerprint density at radius 1 is 1.08 bits per heavy atom. The van der Waals surface area contributed by atoms with Crippen LogP contribution in [0.2, 0.25) is 0 Å². The van der Waals surface area contributed by atoms with Crippen molar-refractivity contribution in [2.24, 2.45) is 0 Å². The van der Waals surface area contributed by atoms with Gasteiger partial charge in [0.15, 0.2) is 0 Å². The Morgan fingerprint density at radius 2 is 1.75 bits per heavy atom. The van der Waals surface area contributed by atoms with E-state index in [0.717, 1.165) is 0 Å². The first-order valence-electron chi connectivity index (χ1n) is 7.46. The van der Waals surface area contributed by atoms with E-state index >= 15 is 0 Å². The van der Waals surface area contributed by atoms with Gasteiger partial charge in [0.1, 0.15) is 5.75 Å². The van der Waals surface area contributed by atoms with Crippen molar-refractivity contribution < 1.29 is 23.0 Å². The number of hydrogen-bond donors (Lipinski definition) is 1. The van der Waals surface area contributed by atoms with E-state index in [2.05, 4.69) is 14.7 Å². The number of aromatic nitrogens is 2. The summed E-state index contributed by atoms with van der Waals surface area (Å²) in [5.74, 6) is 0.246. The van der Waals surface area contributed by atoms with Crippen LogP contribution in [0.15, 0.2) is 42.7 Å². The lowest BCUT2D eigenvalue weighted by molar-refractivity contribution is -0.274. The van der Waals surface area contributed by atoms with E-state index in [4.69, 9.17) is 0 Å². The standard InChI is InChI=1S/C16H16F3N3O2/c17-16(18,19)24-13-4-1-3-12(11-13)15(23)5-9-22(10-6-15)14-20-7-2-8-21-14/h1-4,7-8,11,23H,5-6,9-10H2. The predicted molar refractivity (Wildman–Crippen MR) is 80.5 cm³/mol. The molecule has 3 rings (SSSR count). The van der Waals surface area contributed by atoms with Crippen LogP contribution in [0.25, 0.3) is 0 Å². The SMILES string of the molecule is OC1(c2cccc(OC(F)(F)F)c2)CCN(c2ncccn2)CC1. The quantitative estimate of drug-likeness (QED) is 0.932. The summed E-state index contributed by atoms with van der Waals surface area (Å²) < 4.78 is 41.0. The van der Waals surface area contributed by atoms with E-state index < -0.39 is 12.0 Å². The second-order valence-corrected chi connectivity index (χ2v) is 5.64. The van der Waals surface area contributed by atoms with Crippen LogP contribution in [0, 0.1) is 0 Å². The second kappa shape index (κ2) is 6.27. The Morgan fingerprint density at radius 3 is 2.38 bits per heavy atom. The van der Waals surface area contributed by atoms with Crippen LogP contribution < -0.4 is 9.64 Å². The lowest BCUT2D eigenvalue weighted by Crippen LogP contribution is -2.43. The summed E-state index contributed by atoms with van der Waals surface area (Å²) in [4.78, 5) is 10.3. The minimum absolute atomic E-state index is 0.331. The van der Waals surface area contributed by atoms with Gasteiger partial charge < -0.3 is 14.7 Å². The highest BCUT2D eigenvalue weighted by atomic mass is 19.4. The number of halogens is 3. The van der Waals surface area contributed by atoms with Crippen LogP contribution in [0.3, 0.4) is 0 Å². The molecule has 0 unspecified atom stereocenters. The zero-order chi connectivity index (χ0) is 17.2. The van der Waals surface area contributed by atoms with Gasteiger partial charge in [-0.05, 0) is 36.6 Å². The Bertz CT molecular complexity index is 686. The third-order valence-electron chi connectivity index (χ3n) is 4.03. The summed E-state index contributed by atoms with van der Waals surface area (Å²) in [7, 11) is 0.